The van der Waals surface area contributed by atoms with E-state index in [0.717, 1.165) is 45.5 Å². The summed E-state index contributed by atoms with van der Waals surface area (Å²) in [5.74, 6) is 0. The van der Waals surface area contributed by atoms with E-state index in [2.05, 4.69) is 363 Å². The summed E-state index contributed by atoms with van der Waals surface area (Å²) in [7, 11) is 0. The minimum absolute atomic E-state index is 1.14. The number of anilines is 12. The van der Waals surface area contributed by atoms with Gasteiger partial charge in [-0.25, -0.2) is 0 Å². The third kappa shape index (κ3) is 9.53. The van der Waals surface area contributed by atoms with Gasteiger partial charge < -0.3 is 19.6 Å². The van der Waals surface area contributed by atoms with E-state index >= 15 is 0 Å². The van der Waals surface area contributed by atoms with Crippen LogP contribution >= 0.6 is 0 Å². The summed E-state index contributed by atoms with van der Waals surface area (Å²) >= 11 is 0. The van der Waals surface area contributed by atoms with Gasteiger partial charge in [0.25, 0.3) is 0 Å². The molecule has 0 aromatic heterocycles. The summed E-state index contributed by atoms with van der Waals surface area (Å²) in [6.45, 7) is 8.82. The molecule has 0 aliphatic rings. The summed E-state index contributed by atoms with van der Waals surface area (Å²) in [4.78, 5) is 9.56. The monoisotopic (exact) mass is 1130 g/mol. The van der Waals surface area contributed by atoms with E-state index in [-0.39, 0.29) is 0 Å². The molecule has 0 saturated heterocycles. The van der Waals surface area contributed by atoms with E-state index in [9.17, 15) is 0 Å². The molecule has 0 spiro atoms. The highest BCUT2D eigenvalue weighted by Crippen LogP contribution is 2.51. The van der Waals surface area contributed by atoms with Crippen molar-refractivity contribution in [1.82, 2.24) is 0 Å². The second-order valence-electron chi connectivity index (χ2n) is 23.1. The van der Waals surface area contributed by atoms with Crippen LogP contribution in [0.1, 0.15) is 22.3 Å². The number of aryl methyl sites for hydroxylation is 4. The van der Waals surface area contributed by atoms with E-state index in [1.165, 1.54) is 110 Å². The number of benzene rings is 16. The minimum Gasteiger partial charge on any atom is -0.310 e. The summed E-state index contributed by atoms with van der Waals surface area (Å²) < 4.78 is 0. The van der Waals surface area contributed by atoms with Crippen LogP contribution in [0.25, 0.3) is 64.6 Å². The van der Waals surface area contributed by atoms with Crippen LogP contribution < -0.4 is 19.6 Å². The molecule has 0 radical (unpaired) electrons. The van der Waals surface area contributed by atoms with Gasteiger partial charge in [0.15, 0.2) is 0 Å². The molecule has 4 nitrogen and oxygen atoms in total. The van der Waals surface area contributed by atoms with Crippen molar-refractivity contribution in [3.63, 3.8) is 0 Å². The highest BCUT2D eigenvalue weighted by Gasteiger charge is 2.25. The first-order valence-electron chi connectivity index (χ1n) is 30.4. The fraction of sp³-hybridized carbons (Fsp3) is 0.0476. The van der Waals surface area contributed by atoms with Gasteiger partial charge in [-0.1, -0.05) is 182 Å². The topological polar surface area (TPSA) is 13.0 Å². The Morgan fingerprint density at radius 2 is 0.432 bits per heavy atom. The predicted octanol–water partition coefficient (Wildman–Crippen LogP) is 24.3. The second kappa shape index (κ2) is 22.7. The van der Waals surface area contributed by atoms with Crippen LogP contribution in [0.15, 0.2) is 315 Å². The molecule has 420 valence electrons. The van der Waals surface area contributed by atoms with Gasteiger partial charge in [0.05, 0.1) is 22.7 Å². The molecule has 0 N–H and O–H groups in total. The molecule has 0 fully saturated rings. The van der Waals surface area contributed by atoms with Crippen LogP contribution in [-0.4, -0.2) is 0 Å². The lowest BCUT2D eigenvalue weighted by Gasteiger charge is -2.30. The first kappa shape index (κ1) is 53.5. The highest BCUT2D eigenvalue weighted by atomic mass is 15.2. The maximum atomic E-state index is 2.39. The van der Waals surface area contributed by atoms with Gasteiger partial charge in [-0.3, -0.25) is 0 Å². The molecule has 0 heterocycles. The summed E-state index contributed by atoms with van der Waals surface area (Å²) in [6, 6.07) is 114. The van der Waals surface area contributed by atoms with Gasteiger partial charge in [-0.15, -0.1) is 0 Å². The first-order valence-corrected chi connectivity index (χ1v) is 30.4. The lowest BCUT2D eigenvalue weighted by molar-refractivity contribution is 1.28. The molecule has 0 atom stereocenters. The van der Waals surface area contributed by atoms with Crippen molar-refractivity contribution in [2.45, 2.75) is 27.7 Å². The number of nitrogens with zero attached hydrogens (tertiary/aromatic N) is 4. The lowest BCUT2D eigenvalue weighted by Crippen LogP contribution is -2.11. The summed E-state index contributed by atoms with van der Waals surface area (Å²) in [6.07, 6.45) is 0. The molecule has 88 heavy (non-hydrogen) atoms. The molecule has 0 aliphatic carbocycles. The van der Waals surface area contributed by atoms with Gasteiger partial charge in [-0.2, -0.15) is 0 Å². The maximum absolute atomic E-state index is 2.39. The van der Waals surface area contributed by atoms with Crippen LogP contribution in [0.4, 0.5) is 68.2 Å². The molecule has 0 saturated carbocycles. The smallest absolute Gasteiger partial charge is 0.0540 e. The van der Waals surface area contributed by atoms with Gasteiger partial charge in [0.1, 0.15) is 0 Å². The summed E-state index contributed by atoms with van der Waals surface area (Å²) in [5, 5.41) is 15.3. The van der Waals surface area contributed by atoms with Crippen molar-refractivity contribution in [2.24, 2.45) is 0 Å². The molecule has 0 bridgehead atoms. The Kier molecular flexibility index (Phi) is 13.8. The molecular formula is C84H64N4. The van der Waals surface area contributed by atoms with Crippen molar-refractivity contribution in [2.75, 3.05) is 19.6 Å². The molecule has 16 aromatic carbocycles. The van der Waals surface area contributed by atoms with Crippen molar-refractivity contribution < 1.29 is 0 Å². The Morgan fingerprint density at radius 3 is 0.739 bits per heavy atom. The largest absolute Gasteiger partial charge is 0.310 e. The number of para-hydroxylation sites is 6. The number of hydrogen-bond donors (Lipinski definition) is 0. The van der Waals surface area contributed by atoms with Crippen LogP contribution in [-0.2, 0) is 0 Å². The zero-order valence-electron chi connectivity index (χ0n) is 49.8. The van der Waals surface area contributed by atoms with Crippen molar-refractivity contribution in [1.29, 1.82) is 0 Å². The summed E-state index contributed by atoms with van der Waals surface area (Å²) in [5.41, 5.74) is 18.9. The molecule has 16 aromatic rings. The normalized spacial score (nSPS) is 11.4. The van der Waals surface area contributed by atoms with E-state index in [0.29, 0.717) is 0 Å². The standard InChI is InChI=1S/2C42H32N2/c1-29-27-37-39(43(31-15-7-3-8-16-31)32-17-9-4-10-18-32)26-24-36-30(2)28-38-40(25-23-35(29)41(38)42(36)37)44(33-19-11-5-12-20-33)34-21-13-6-14-22-34;1-29-11-9-17-35(27-29)43(33-13-5-3-6-14-33)39-25-21-31-20-24-38-40(26-22-32-19-23-37(39)41(31)42(32)38)44(34-15-7-4-8-16-34)36-18-10-12-30(2)28-36/h2*3-28H,1-2H3. The van der Waals surface area contributed by atoms with E-state index < -0.39 is 0 Å². The maximum Gasteiger partial charge on any atom is 0.0540 e. The number of hydrogen-bond acceptors (Lipinski definition) is 4. The highest BCUT2D eigenvalue weighted by molar-refractivity contribution is 6.30. The molecule has 16 rings (SSSR count). The Hall–Kier alpha value is -11.2. The third-order valence-corrected chi connectivity index (χ3v) is 17.5. The molecule has 0 unspecified atom stereocenters. The zero-order valence-corrected chi connectivity index (χ0v) is 49.8. The van der Waals surface area contributed by atoms with E-state index in [4.69, 9.17) is 0 Å². The predicted molar refractivity (Wildman–Crippen MR) is 378 cm³/mol. The third-order valence-electron chi connectivity index (χ3n) is 17.5. The van der Waals surface area contributed by atoms with Gasteiger partial charge in [0.2, 0.25) is 0 Å². The average molecular weight is 1130 g/mol. The van der Waals surface area contributed by atoms with Gasteiger partial charge in [-0.05, 0) is 226 Å². The van der Waals surface area contributed by atoms with Crippen LogP contribution in [0.5, 0.6) is 0 Å². The lowest BCUT2D eigenvalue weighted by atomic mass is 9.87. The van der Waals surface area contributed by atoms with Crippen LogP contribution in [0.3, 0.4) is 0 Å². The molecule has 0 aliphatic heterocycles. The SMILES string of the molecule is Cc1cc2c(N(c3ccccc3)c3ccccc3)ccc3c(C)cc4c(N(c5ccccc5)c5ccccc5)ccc1c4c32.Cc1cccc(N(c2ccccc2)c2ccc3ccc4c(N(c5ccccc5)c5cccc(C)c5)ccc5ccc2c3c54)c1. The van der Waals surface area contributed by atoms with Gasteiger partial charge in [0, 0.05) is 67.0 Å². The van der Waals surface area contributed by atoms with Crippen molar-refractivity contribution in [3.8, 4) is 0 Å². The average Bonchev–Trinajstić information content (AvgIpc) is 0.780. The van der Waals surface area contributed by atoms with Gasteiger partial charge >= 0.3 is 0 Å². The van der Waals surface area contributed by atoms with Crippen molar-refractivity contribution in [3.05, 3.63) is 338 Å². The fourth-order valence-electron chi connectivity index (χ4n) is 13.5. The molecule has 0 amide bonds. The molecule has 4 heteroatoms. The minimum atomic E-state index is 1.14. The first-order chi connectivity index (χ1) is 43.3. The fourth-order valence-corrected chi connectivity index (χ4v) is 13.5. The quantitative estimate of drug-likeness (QED) is 0.113. The van der Waals surface area contributed by atoms with Crippen molar-refractivity contribution >= 4 is 133 Å². The molecular weight excluding hydrogens is 1060 g/mol. The zero-order chi connectivity index (χ0) is 59.2. The second-order valence-corrected chi connectivity index (χ2v) is 23.1. The Balaban J connectivity index is 0.000000148. The van der Waals surface area contributed by atoms with Crippen LogP contribution in [0, 0.1) is 27.7 Å². The van der Waals surface area contributed by atoms with E-state index in [1.54, 1.807) is 0 Å². The Morgan fingerprint density at radius 1 is 0.182 bits per heavy atom. The number of rotatable bonds is 12. The Labute approximate surface area is 514 Å². The Bertz CT molecular complexity index is 4730. The van der Waals surface area contributed by atoms with Crippen LogP contribution in [0.2, 0.25) is 0 Å². The van der Waals surface area contributed by atoms with E-state index in [1.807, 2.05) is 0 Å².